The highest BCUT2D eigenvalue weighted by Crippen LogP contribution is 2.23. The fraction of sp³-hybridized carbons (Fsp3) is 0.500. The molecule has 1 atom stereocenters. The highest BCUT2D eigenvalue weighted by atomic mass is 35.5. The van der Waals surface area contributed by atoms with Gasteiger partial charge in [0.05, 0.1) is 23.6 Å². The fourth-order valence-corrected chi connectivity index (χ4v) is 3.36. The van der Waals surface area contributed by atoms with Gasteiger partial charge in [-0.3, -0.25) is 9.58 Å². The van der Waals surface area contributed by atoms with Crippen LogP contribution >= 0.6 is 22.9 Å². The van der Waals surface area contributed by atoms with Crippen LogP contribution in [0.4, 0.5) is 0 Å². The van der Waals surface area contributed by atoms with Crippen LogP contribution in [0.5, 0.6) is 0 Å². The van der Waals surface area contributed by atoms with Crippen molar-refractivity contribution in [1.29, 1.82) is 0 Å². The Hall–Kier alpha value is -0.950. The van der Waals surface area contributed by atoms with E-state index in [-0.39, 0.29) is 6.10 Å². The summed E-state index contributed by atoms with van der Waals surface area (Å²) in [6.45, 7) is 4.33. The quantitative estimate of drug-likeness (QED) is 0.864. The SMILES string of the molecule is Clc1ccc(CN2CCO[C@@H](Cn3cncn3)C2)s1. The van der Waals surface area contributed by atoms with Crippen LogP contribution in [0.3, 0.4) is 0 Å². The van der Waals surface area contributed by atoms with Gasteiger partial charge in [0.2, 0.25) is 0 Å². The Morgan fingerprint density at radius 3 is 3.16 bits per heavy atom. The highest BCUT2D eigenvalue weighted by Gasteiger charge is 2.21. The predicted molar refractivity (Wildman–Crippen MR) is 74.4 cm³/mol. The second-order valence-corrected chi connectivity index (χ2v) is 6.35. The van der Waals surface area contributed by atoms with Crippen molar-refractivity contribution < 1.29 is 4.74 Å². The summed E-state index contributed by atoms with van der Waals surface area (Å²) in [7, 11) is 0. The first-order chi connectivity index (χ1) is 9.29. The zero-order chi connectivity index (χ0) is 13.1. The van der Waals surface area contributed by atoms with E-state index in [4.69, 9.17) is 16.3 Å². The average Bonchev–Trinajstić information content (AvgIpc) is 3.02. The van der Waals surface area contributed by atoms with Crippen molar-refractivity contribution in [3.8, 4) is 0 Å². The summed E-state index contributed by atoms with van der Waals surface area (Å²) in [6.07, 6.45) is 3.45. The van der Waals surface area contributed by atoms with Crippen molar-refractivity contribution in [3.05, 3.63) is 34.0 Å². The number of hydrogen-bond acceptors (Lipinski definition) is 5. The summed E-state index contributed by atoms with van der Waals surface area (Å²) >= 11 is 7.60. The second-order valence-electron chi connectivity index (χ2n) is 4.55. The third-order valence-corrected chi connectivity index (χ3v) is 4.30. The summed E-state index contributed by atoms with van der Waals surface area (Å²) in [5, 5.41) is 4.11. The number of ether oxygens (including phenoxy) is 1. The zero-order valence-corrected chi connectivity index (χ0v) is 12.0. The molecule has 5 nitrogen and oxygen atoms in total. The van der Waals surface area contributed by atoms with Gasteiger partial charge in [0, 0.05) is 24.5 Å². The molecule has 3 heterocycles. The van der Waals surface area contributed by atoms with Crippen LogP contribution in [0.2, 0.25) is 4.34 Å². The lowest BCUT2D eigenvalue weighted by molar-refractivity contribution is -0.0399. The van der Waals surface area contributed by atoms with Gasteiger partial charge in [0.15, 0.2) is 0 Å². The van der Waals surface area contributed by atoms with Crippen molar-refractivity contribution in [2.24, 2.45) is 0 Å². The van der Waals surface area contributed by atoms with Crippen LogP contribution in [-0.4, -0.2) is 45.5 Å². The Morgan fingerprint density at radius 2 is 2.42 bits per heavy atom. The van der Waals surface area contributed by atoms with E-state index in [0.717, 1.165) is 37.1 Å². The maximum Gasteiger partial charge on any atom is 0.137 e. The first-order valence-corrected chi connectivity index (χ1v) is 7.39. The Bertz CT molecular complexity index is 516. The molecular weight excluding hydrogens is 284 g/mol. The monoisotopic (exact) mass is 298 g/mol. The summed E-state index contributed by atoms with van der Waals surface area (Å²) in [5.74, 6) is 0. The molecule has 1 aliphatic rings. The smallest absolute Gasteiger partial charge is 0.137 e. The summed E-state index contributed by atoms with van der Waals surface area (Å²) in [6, 6.07) is 4.05. The number of aromatic nitrogens is 3. The third-order valence-electron chi connectivity index (χ3n) is 3.09. The van der Waals surface area contributed by atoms with Crippen LogP contribution in [0.25, 0.3) is 0 Å². The van der Waals surface area contributed by atoms with Gasteiger partial charge in [-0.05, 0) is 12.1 Å². The number of hydrogen-bond donors (Lipinski definition) is 0. The largest absolute Gasteiger partial charge is 0.374 e. The van der Waals surface area contributed by atoms with Crippen molar-refractivity contribution in [1.82, 2.24) is 19.7 Å². The first-order valence-electron chi connectivity index (χ1n) is 6.20. The number of thiophene rings is 1. The van der Waals surface area contributed by atoms with E-state index in [2.05, 4.69) is 21.0 Å². The van der Waals surface area contributed by atoms with Gasteiger partial charge in [-0.1, -0.05) is 11.6 Å². The molecule has 0 aromatic carbocycles. The van der Waals surface area contributed by atoms with Gasteiger partial charge in [-0.15, -0.1) is 11.3 Å². The summed E-state index contributed by atoms with van der Waals surface area (Å²) in [4.78, 5) is 7.64. The normalized spacial score (nSPS) is 20.8. The van der Waals surface area contributed by atoms with Gasteiger partial charge >= 0.3 is 0 Å². The van der Waals surface area contributed by atoms with Gasteiger partial charge < -0.3 is 4.74 Å². The lowest BCUT2D eigenvalue weighted by Crippen LogP contribution is -2.43. The molecule has 0 aliphatic carbocycles. The molecule has 2 aromatic rings. The molecule has 0 saturated carbocycles. The molecule has 1 saturated heterocycles. The van der Waals surface area contributed by atoms with Crippen molar-refractivity contribution >= 4 is 22.9 Å². The first kappa shape index (κ1) is 13.1. The molecule has 1 aliphatic heterocycles. The molecular formula is C12H15ClN4OS. The van der Waals surface area contributed by atoms with Crippen LogP contribution in [0, 0.1) is 0 Å². The summed E-state index contributed by atoms with van der Waals surface area (Å²) in [5.41, 5.74) is 0. The topological polar surface area (TPSA) is 43.2 Å². The van der Waals surface area contributed by atoms with E-state index < -0.39 is 0 Å². The highest BCUT2D eigenvalue weighted by molar-refractivity contribution is 7.16. The maximum atomic E-state index is 5.96. The Morgan fingerprint density at radius 1 is 1.47 bits per heavy atom. The Kier molecular flexibility index (Phi) is 4.12. The van der Waals surface area contributed by atoms with E-state index in [1.54, 1.807) is 24.0 Å². The number of rotatable bonds is 4. The number of nitrogens with zero attached hydrogens (tertiary/aromatic N) is 4. The molecule has 0 spiro atoms. The predicted octanol–water partition coefficient (Wildman–Crippen LogP) is 1.89. The molecule has 3 rings (SSSR count). The molecule has 102 valence electrons. The van der Waals surface area contributed by atoms with Gasteiger partial charge in [-0.2, -0.15) is 5.10 Å². The third kappa shape index (κ3) is 3.54. The van der Waals surface area contributed by atoms with E-state index in [0.29, 0.717) is 0 Å². The van der Waals surface area contributed by atoms with E-state index in [9.17, 15) is 0 Å². The Labute approximate surface area is 120 Å². The van der Waals surface area contributed by atoms with Gasteiger partial charge in [0.25, 0.3) is 0 Å². The minimum atomic E-state index is 0.172. The fourth-order valence-electron chi connectivity index (χ4n) is 2.23. The Balaban J connectivity index is 1.55. The van der Waals surface area contributed by atoms with Crippen molar-refractivity contribution in [2.45, 2.75) is 19.2 Å². The lowest BCUT2D eigenvalue weighted by Gasteiger charge is -2.32. The number of morpholine rings is 1. The van der Waals surface area contributed by atoms with Crippen LogP contribution in [0.1, 0.15) is 4.88 Å². The zero-order valence-electron chi connectivity index (χ0n) is 10.4. The maximum absolute atomic E-state index is 5.96. The average molecular weight is 299 g/mol. The molecule has 1 fully saturated rings. The van der Waals surface area contributed by atoms with E-state index in [1.807, 2.05) is 10.7 Å². The molecule has 7 heteroatoms. The van der Waals surface area contributed by atoms with Crippen LogP contribution < -0.4 is 0 Å². The second kappa shape index (κ2) is 6.00. The minimum absolute atomic E-state index is 0.172. The molecule has 0 amide bonds. The lowest BCUT2D eigenvalue weighted by atomic mass is 10.2. The van der Waals surface area contributed by atoms with Crippen molar-refractivity contribution in [2.75, 3.05) is 19.7 Å². The standard InChI is InChI=1S/C12H15ClN4OS/c13-12-2-1-11(19-12)7-16-3-4-18-10(5-16)6-17-9-14-8-15-17/h1-2,8-10H,3-7H2/t10-/m1/s1. The summed E-state index contributed by atoms with van der Waals surface area (Å²) < 4.78 is 8.44. The van der Waals surface area contributed by atoms with Crippen LogP contribution in [0.15, 0.2) is 24.8 Å². The van der Waals surface area contributed by atoms with E-state index in [1.165, 1.54) is 4.88 Å². The van der Waals surface area contributed by atoms with Crippen molar-refractivity contribution in [3.63, 3.8) is 0 Å². The minimum Gasteiger partial charge on any atom is -0.374 e. The number of halogens is 1. The molecule has 2 aromatic heterocycles. The van der Waals surface area contributed by atoms with E-state index >= 15 is 0 Å². The molecule has 0 N–H and O–H groups in total. The van der Waals surface area contributed by atoms with Gasteiger partial charge in [0.1, 0.15) is 12.7 Å². The van der Waals surface area contributed by atoms with Gasteiger partial charge in [-0.25, -0.2) is 4.98 Å². The molecule has 0 unspecified atom stereocenters. The van der Waals surface area contributed by atoms with Crippen LogP contribution in [-0.2, 0) is 17.8 Å². The molecule has 19 heavy (non-hydrogen) atoms. The molecule has 0 radical (unpaired) electrons. The molecule has 0 bridgehead atoms.